The van der Waals surface area contributed by atoms with Gasteiger partial charge in [0, 0.05) is 11.8 Å². The first-order valence-corrected chi connectivity index (χ1v) is 6.83. The zero-order chi connectivity index (χ0) is 15.2. The van der Waals surface area contributed by atoms with Crippen molar-refractivity contribution in [3.8, 4) is 5.69 Å². The van der Waals surface area contributed by atoms with Crippen LogP contribution in [0.2, 0.25) is 0 Å². The van der Waals surface area contributed by atoms with Crippen LogP contribution in [-0.4, -0.2) is 20.9 Å². The van der Waals surface area contributed by atoms with E-state index < -0.39 is 0 Å². The number of para-hydroxylation sites is 2. The van der Waals surface area contributed by atoms with Crippen LogP contribution in [0.15, 0.2) is 72.9 Å². The molecule has 3 rings (SSSR count). The lowest BCUT2D eigenvalue weighted by Gasteiger charge is -1.99. The van der Waals surface area contributed by atoms with Crippen LogP contribution in [0.1, 0.15) is 5.69 Å². The highest BCUT2D eigenvalue weighted by atomic mass is 16.1. The topological polar surface area (TPSA) is 59.8 Å². The number of amides is 1. The lowest BCUT2D eigenvalue weighted by Crippen LogP contribution is -2.07. The van der Waals surface area contributed by atoms with E-state index in [4.69, 9.17) is 0 Å². The highest BCUT2D eigenvalue weighted by Gasteiger charge is 2.01. The van der Waals surface area contributed by atoms with Gasteiger partial charge in [0.2, 0.25) is 5.91 Å². The molecule has 0 fully saturated rings. The summed E-state index contributed by atoms with van der Waals surface area (Å²) in [6.07, 6.45) is 4.68. The molecule has 1 amide bonds. The zero-order valence-electron chi connectivity index (χ0n) is 11.8. The Bertz CT molecular complexity index is 779. The molecule has 0 atom stereocenters. The number of anilines is 1. The largest absolute Gasteiger partial charge is 0.323 e. The molecule has 0 saturated carbocycles. The van der Waals surface area contributed by atoms with Gasteiger partial charge in [0.1, 0.15) is 5.69 Å². The standard InChI is InChI=1S/C17H14N4O/c22-17(19-14-7-3-1-4-8-14)12-11-15-13-18-21(20-15)16-9-5-2-6-10-16/h1-13H,(H,19,22)/b12-11+. The van der Waals surface area contributed by atoms with Crippen molar-refractivity contribution in [2.24, 2.45) is 0 Å². The quantitative estimate of drug-likeness (QED) is 0.752. The first kappa shape index (κ1) is 13.8. The van der Waals surface area contributed by atoms with E-state index in [1.807, 2.05) is 60.7 Å². The summed E-state index contributed by atoms with van der Waals surface area (Å²) in [4.78, 5) is 13.3. The van der Waals surface area contributed by atoms with Gasteiger partial charge in [-0.25, -0.2) is 0 Å². The van der Waals surface area contributed by atoms with Gasteiger partial charge in [0.15, 0.2) is 0 Å². The van der Waals surface area contributed by atoms with E-state index in [0.717, 1.165) is 11.4 Å². The summed E-state index contributed by atoms with van der Waals surface area (Å²) in [5, 5.41) is 11.2. The number of hydrogen-bond donors (Lipinski definition) is 1. The molecule has 5 heteroatoms. The second kappa shape index (κ2) is 6.49. The third-order valence-electron chi connectivity index (χ3n) is 2.94. The van der Waals surface area contributed by atoms with Crippen LogP contribution in [0.3, 0.4) is 0 Å². The van der Waals surface area contributed by atoms with Crippen LogP contribution >= 0.6 is 0 Å². The number of nitrogens with one attached hydrogen (secondary N) is 1. The van der Waals surface area contributed by atoms with Crippen molar-refractivity contribution in [2.45, 2.75) is 0 Å². The summed E-state index contributed by atoms with van der Waals surface area (Å²) >= 11 is 0. The smallest absolute Gasteiger partial charge is 0.248 e. The molecular formula is C17H14N4O. The molecule has 0 radical (unpaired) electrons. The average molecular weight is 290 g/mol. The number of nitrogens with zero attached hydrogens (tertiary/aromatic N) is 3. The van der Waals surface area contributed by atoms with Crippen molar-refractivity contribution in [3.05, 3.63) is 78.6 Å². The minimum absolute atomic E-state index is 0.208. The molecule has 1 aromatic heterocycles. The molecule has 5 nitrogen and oxygen atoms in total. The Kier molecular flexibility index (Phi) is 4.06. The molecule has 0 aliphatic carbocycles. The van der Waals surface area contributed by atoms with Crippen LogP contribution in [0.4, 0.5) is 5.69 Å². The molecule has 108 valence electrons. The van der Waals surface area contributed by atoms with Gasteiger partial charge in [-0.15, -0.1) is 5.10 Å². The number of rotatable bonds is 4. The number of benzene rings is 2. The maximum absolute atomic E-state index is 11.8. The van der Waals surface area contributed by atoms with E-state index in [9.17, 15) is 4.79 Å². The van der Waals surface area contributed by atoms with Crippen LogP contribution in [-0.2, 0) is 4.79 Å². The van der Waals surface area contributed by atoms with Crippen LogP contribution < -0.4 is 5.32 Å². The molecule has 1 heterocycles. The van der Waals surface area contributed by atoms with Crippen LogP contribution in [0.25, 0.3) is 11.8 Å². The van der Waals surface area contributed by atoms with Crippen LogP contribution in [0.5, 0.6) is 0 Å². The Balaban J connectivity index is 1.66. The Morgan fingerprint density at radius 1 is 1.00 bits per heavy atom. The number of carbonyl (C=O) groups excluding carboxylic acids is 1. The van der Waals surface area contributed by atoms with Gasteiger partial charge in [-0.3, -0.25) is 4.79 Å². The van der Waals surface area contributed by atoms with E-state index in [-0.39, 0.29) is 5.91 Å². The second-order valence-electron chi connectivity index (χ2n) is 4.58. The van der Waals surface area contributed by atoms with Crippen molar-refractivity contribution >= 4 is 17.7 Å². The SMILES string of the molecule is O=C(/C=C/c1cnn(-c2ccccc2)n1)Nc1ccccc1. The Morgan fingerprint density at radius 3 is 2.41 bits per heavy atom. The molecule has 22 heavy (non-hydrogen) atoms. The van der Waals surface area contributed by atoms with Crippen molar-refractivity contribution in [1.82, 2.24) is 15.0 Å². The average Bonchev–Trinajstić information content (AvgIpc) is 3.04. The molecule has 0 aliphatic rings. The lowest BCUT2D eigenvalue weighted by molar-refractivity contribution is -0.111. The third-order valence-corrected chi connectivity index (χ3v) is 2.94. The molecule has 3 aromatic rings. The lowest BCUT2D eigenvalue weighted by atomic mass is 10.3. The van der Waals surface area contributed by atoms with E-state index in [0.29, 0.717) is 5.69 Å². The normalized spacial score (nSPS) is 10.7. The Morgan fingerprint density at radius 2 is 1.68 bits per heavy atom. The third kappa shape index (κ3) is 3.46. The van der Waals surface area contributed by atoms with E-state index in [1.165, 1.54) is 10.9 Å². The molecule has 0 bridgehead atoms. The van der Waals surface area contributed by atoms with Crippen molar-refractivity contribution in [3.63, 3.8) is 0 Å². The van der Waals surface area contributed by atoms with Crippen molar-refractivity contribution in [2.75, 3.05) is 5.32 Å². The number of hydrogen-bond acceptors (Lipinski definition) is 3. The van der Waals surface area contributed by atoms with E-state index in [1.54, 1.807) is 12.3 Å². The summed E-state index contributed by atoms with van der Waals surface area (Å²) < 4.78 is 0. The van der Waals surface area contributed by atoms with Gasteiger partial charge in [0.05, 0.1) is 11.9 Å². The highest BCUT2D eigenvalue weighted by Crippen LogP contribution is 2.07. The van der Waals surface area contributed by atoms with Gasteiger partial charge < -0.3 is 5.32 Å². The minimum Gasteiger partial charge on any atom is -0.323 e. The molecular weight excluding hydrogens is 276 g/mol. The molecule has 0 spiro atoms. The van der Waals surface area contributed by atoms with E-state index >= 15 is 0 Å². The number of aromatic nitrogens is 3. The minimum atomic E-state index is -0.208. The summed E-state index contributed by atoms with van der Waals surface area (Å²) in [5.41, 5.74) is 2.24. The molecule has 0 aliphatic heterocycles. The predicted molar refractivity (Wildman–Crippen MR) is 85.5 cm³/mol. The summed E-state index contributed by atoms with van der Waals surface area (Å²) in [5.74, 6) is -0.208. The van der Waals surface area contributed by atoms with Gasteiger partial charge >= 0.3 is 0 Å². The Labute approximate surface area is 127 Å². The van der Waals surface area contributed by atoms with Gasteiger partial charge in [-0.2, -0.15) is 9.90 Å². The first-order valence-electron chi connectivity index (χ1n) is 6.83. The molecule has 1 N–H and O–H groups in total. The first-order chi connectivity index (χ1) is 10.8. The predicted octanol–water partition coefficient (Wildman–Crippen LogP) is 2.92. The molecule has 2 aromatic carbocycles. The summed E-state index contributed by atoms with van der Waals surface area (Å²) in [7, 11) is 0. The van der Waals surface area contributed by atoms with E-state index in [2.05, 4.69) is 15.5 Å². The molecule has 0 unspecified atom stereocenters. The fraction of sp³-hybridized carbons (Fsp3) is 0. The molecule has 0 saturated heterocycles. The number of carbonyl (C=O) groups is 1. The summed E-state index contributed by atoms with van der Waals surface area (Å²) in [6.45, 7) is 0. The maximum Gasteiger partial charge on any atom is 0.248 e. The summed E-state index contributed by atoms with van der Waals surface area (Å²) in [6, 6.07) is 18.9. The van der Waals surface area contributed by atoms with Crippen molar-refractivity contribution in [1.29, 1.82) is 0 Å². The monoisotopic (exact) mass is 290 g/mol. The second-order valence-corrected chi connectivity index (χ2v) is 4.58. The maximum atomic E-state index is 11.8. The van der Waals surface area contributed by atoms with Gasteiger partial charge in [-0.05, 0) is 30.3 Å². The van der Waals surface area contributed by atoms with Gasteiger partial charge in [0.25, 0.3) is 0 Å². The van der Waals surface area contributed by atoms with Crippen LogP contribution in [0, 0.1) is 0 Å². The fourth-order valence-electron chi connectivity index (χ4n) is 1.90. The van der Waals surface area contributed by atoms with Crippen molar-refractivity contribution < 1.29 is 4.79 Å². The van der Waals surface area contributed by atoms with Gasteiger partial charge in [-0.1, -0.05) is 36.4 Å². The fourth-order valence-corrected chi connectivity index (χ4v) is 1.90. The zero-order valence-corrected chi connectivity index (χ0v) is 11.8. The Hall–Kier alpha value is -3.21. The highest BCUT2D eigenvalue weighted by molar-refractivity contribution is 6.01.